The van der Waals surface area contributed by atoms with Gasteiger partial charge in [-0.25, -0.2) is 4.79 Å². The molecule has 0 bridgehead atoms. The van der Waals surface area contributed by atoms with Crippen LogP contribution in [0.25, 0.3) is 0 Å². The minimum atomic E-state index is -0.763. The van der Waals surface area contributed by atoms with Gasteiger partial charge in [-0.2, -0.15) is 0 Å². The van der Waals surface area contributed by atoms with Crippen LogP contribution in [-0.4, -0.2) is 65.7 Å². The molecule has 0 radical (unpaired) electrons. The van der Waals surface area contributed by atoms with Gasteiger partial charge in [0.15, 0.2) is 0 Å². The van der Waals surface area contributed by atoms with Crippen LogP contribution in [0.3, 0.4) is 0 Å². The van der Waals surface area contributed by atoms with Crippen LogP contribution in [0, 0.1) is 5.92 Å². The molecule has 21 heavy (non-hydrogen) atoms. The van der Waals surface area contributed by atoms with E-state index in [0.717, 1.165) is 19.5 Å². The maximum Gasteiger partial charge on any atom is 0.317 e. The first-order valence-electron chi connectivity index (χ1n) is 8.06. The summed E-state index contributed by atoms with van der Waals surface area (Å²) in [6.45, 7) is 5.69. The number of hydrogen-bond acceptors (Lipinski definition) is 3. The summed E-state index contributed by atoms with van der Waals surface area (Å²) in [5.74, 6) is -0.194. The van der Waals surface area contributed by atoms with E-state index in [1.165, 1.54) is 19.3 Å². The highest BCUT2D eigenvalue weighted by atomic mass is 16.4. The molecule has 1 saturated heterocycles. The highest BCUT2D eigenvalue weighted by Gasteiger charge is 2.26. The number of carboxylic acids is 1. The lowest BCUT2D eigenvalue weighted by Crippen LogP contribution is -2.54. The fourth-order valence-corrected chi connectivity index (χ4v) is 3.21. The van der Waals surface area contributed by atoms with E-state index >= 15 is 0 Å². The highest BCUT2D eigenvalue weighted by molar-refractivity contribution is 5.74. The molecule has 0 spiro atoms. The van der Waals surface area contributed by atoms with Crippen LogP contribution in [-0.2, 0) is 4.79 Å². The van der Waals surface area contributed by atoms with E-state index < -0.39 is 5.97 Å². The molecule has 0 aromatic rings. The smallest absolute Gasteiger partial charge is 0.317 e. The van der Waals surface area contributed by atoms with Crippen LogP contribution in [0.5, 0.6) is 0 Å². The molecule has 2 atom stereocenters. The number of aliphatic carboxylic acids is 1. The molecule has 2 unspecified atom stereocenters. The van der Waals surface area contributed by atoms with Crippen molar-refractivity contribution in [1.82, 2.24) is 15.1 Å². The summed E-state index contributed by atoms with van der Waals surface area (Å²) in [5.41, 5.74) is 0. The van der Waals surface area contributed by atoms with Crippen LogP contribution in [0.4, 0.5) is 4.79 Å². The zero-order chi connectivity index (χ0) is 15.2. The lowest BCUT2D eigenvalue weighted by Gasteiger charge is -2.37. The van der Waals surface area contributed by atoms with Crippen molar-refractivity contribution in [3.8, 4) is 0 Å². The van der Waals surface area contributed by atoms with Crippen molar-refractivity contribution in [3.63, 3.8) is 0 Å². The number of nitrogens with one attached hydrogen (secondary N) is 1. The Bertz CT molecular complexity index is 367. The van der Waals surface area contributed by atoms with Crippen molar-refractivity contribution < 1.29 is 14.7 Å². The van der Waals surface area contributed by atoms with Crippen LogP contribution >= 0.6 is 0 Å². The van der Waals surface area contributed by atoms with Gasteiger partial charge in [0.25, 0.3) is 0 Å². The summed E-state index contributed by atoms with van der Waals surface area (Å²) in [5, 5.41) is 11.9. The van der Waals surface area contributed by atoms with Gasteiger partial charge in [-0.1, -0.05) is 19.8 Å². The summed E-state index contributed by atoms with van der Waals surface area (Å²) in [6.07, 6.45) is 4.94. The second kappa shape index (κ2) is 7.64. The normalized spacial score (nSPS) is 27.4. The summed E-state index contributed by atoms with van der Waals surface area (Å²) in [4.78, 5) is 26.8. The standard InChI is InChI=1S/C15H27N3O3/c1-12-4-2-3-5-13(12)16-15(21)18-10-8-17(9-11-18)7-6-14(19)20/h12-13H,2-11H2,1H3,(H,16,21)(H,19,20). The van der Waals surface area contributed by atoms with Gasteiger partial charge in [0.1, 0.15) is 0 Å². The monoisotopic (exact) mass is 297 g/mol. The zero-order valence-electron chi connectivity index (χ0n) is 12.9. The maximum absolute atomic E-state index is 12.3. The molecule has 2 amide bonds. The molecule has 2 fully saturated rings. The Balaban J connectivity index is 1.71. The second-order valence-corrected chi connectivity index (χ2v) is 6.29. The molecule has 1 heterocycles. The molecule has 1 saturated carbocycles. The highest BCUT2D eigenvalue weighted by Crippen LogP contribution is 2.23. The van der Waals surface area contributed by atoms with Crippen molar-refractivity contribution in [3.05, 3.63) is 0 Å². The third-order valence-electron chi connectivity index (χ3n) is 4.72. The van der Waals surface area contributed by atoms with Crippen molar-refractivity contribution in [2.45, 2.75) is 45.1 Å². The van der Waals surface area contributed by atoms with Crippen LogP contribution in [0.1, 0.15) is 39.0 Å². The molecule has 2 aliphatic rings. The Kier molecular flexibility index (Phi) is 5.85. The van der Waals surface area contributed by atoms with Crippen molar-refractivity contribution in [1.29, 1.82) is 0 Å². The number of amides is 2. The first kappa shape index (κ1) is 16.1. The number of carbonyl (C=O) groups excluding carboxylic acids is 1. The topological polar surface area (TPSA) is 72.9 Å². The summed E-state index contributed by atoms with van der Waals surface area (Å²) < 4.78 is 0. The molecule has 1 aliphatic heterocycles. The lowest BCUT2D eigenvalue weighted by molar-refractivity contribution is -0.137. The number of carbonyl (C=O) groups is 2. The molecule has 0 aromatic heterocycles. The van der Waals surface area contributed by atoms with Crippen LogP contribution in [0.15, 0.2) is 0 Å². The third-order valence-corrected chi connectivity index (χ3v) is 4.72. The Morgan fingerprint density at radius 2 is 1.81 bits per heavy atom. The van der Waals surface area contributed by atoms with E-state index in [4.69, 9.17) is 5.11 Å². The number of piperazine rings is 1. The van der Waals surface area contributed by atoms with Gasteiger partial charge in [0.2, 0.25) is 0 Å². The summed E-state index contributed by atoms with van der Waals surface area (Å²) >= 11 is 0. The van der Waals surface area contributed by atoms with Crippen LogP contribution in [0.2, 0.25) is 0 Å². The van der Waals surface area contributed by atoms with Gasteiger partial charge in [-0.3, -0.25) is 9.69 Å². The first-order chi connectivity index (χ1) is 10.1. The molecular formula is C15H27N3O3. The average Bonchev–Trinajstić information content (AvgIpc) is 2.48. The second-order valence-electron chi connectivity index (χ2n) is 6.29. The van der Waals surface area contributed by atoms with E-state index in [-0.39, 0.29) is 12.5 Å². The van der Waals surface area contributed by atoms with E-state index in [2.05, 4.69) is 17.1 Å². The molecule has 1 aliphatic carbocycles. The van der Waals surface area contributed by atoms with Gasteiger partial charge >= 0.3 is 12.0 Å². The number of carboxylic acid groups (broad SMARTS) is 1. The minimum absolute atomic E-state index is 0.0478. The Labute approximate surface area is 126 Å². The number of urea groups is 1. The fourth-order valence-electron chi connectivity index (χ4n) is 3.21. The van der Waals surface area contributed by atoms with E-state index in [1.807, 2.05) is 4.90 Å². The Morgan fingerprint density at radius 3 is 2.43 bits per heavy atom. The molecule has 120 valence electrons. The van der Waals surface area contributed by atoms with Gasteiger partial charge in [0, 0.05) is 38.8 Å². The predicted octanol–water partition coefficient (Wildman–Crippen LogP) is 1.37. The first-order valence-corrected chi connectivity index (χ1v) is 8.06. The zero-order valence-corrected chi connectivity index (χ0v) is 12.9. The molecule has 2 rings (SSSR count). The summed E-state index contributed by atoms with van der Waals surface area (Å²) in [6, 6.07) is 0.364. The Morgan fingerprint density at radius 1 is 1.14 bits per heavy atom. The number of rotatable bonds is 4. The molecule has 6 nitrogen and oxygen atoms in total. The number of nitrogens with zero attached hydrogens (tertiary/aromatic N) is 2. The quantitative estimate of drug-likeness (QED) is 0.822. The summed E-state index contributed by atoms with van der Waals surface area (Å²) in [7, 11) is 0. The van der Waals surface area contributed by atoms with Gasteiger partial charge in [-0.05, 0) is 18.8 Å². The van der Waals surface area contributed by atoms with Crippen molar-refractivity contribution in [2.24, 2.45) is 5.92 Å². The lowest BCUT2D eigenvalue weighted by atomic mass is 9.86. The SMILES string of the molecule is CC1CCCCC1NC(=O)N1CCN(CCC(=O)O)CC1. The molecule has 0 aromatic carbocycles. The molecule has 6 heteroatoms. The van der Waals surface area contributed by atoms with E-state index in [0.29, 0.717) is 31.6 Å². The predicted molar refractivity (Wildman–Crippen MR) is 80.2 cm³/mol. The van der Waals surface area contributed by atoms with Crippen LogP contribution < -0.4 is 5.32 Å². The number of hydrogen-bond donors (Lipinski definition) is 2. The van der Waals surface area contributed by atoms with E-state index in [9.17, 15) is 9.59 Å². The molecular weight excluding hydrogens is 270 g/mol. The van der Waals surface area contributed by atoms with Gasteiger partial charge in [-0.15, -0.1) is 0 Å². The Hall–Kier alpha value is -1.30. The third kappa shape index (κ3) is 4.88. The average molecular weight is 297 g/mol. The van der Waals surface area contributed by atoms with Crippen molar-refractivity contribution in [2.75, 3.05) is 32.7 Å². The molecule has 2 N–H and O–H groups in total. The van der Waals surface area contributed by atoms with Gasteiger partial charge in [0.05, 0.1) is 6.42 Å². The maximum atomic E-state index is 12.3. The van der Waals surface area contributed by atoms with Crippen molar-refractivity contribution >= 4 is 12.0 Å². The largest absolute Gasteiger partial charge is 0.481 e. The minimum Gasteiger partial charge on any atom is -0.481 e. The van der Waals surface area contributed by atoms with Gasteiger partial charge < -0.3 is 15.3 Å². The van der Waals surface area contributed by atoms with E-state index in [1.54, 1.807) is 0 Å². The fraction of sp³-hybridized carbons (Fsp3) is 0.867.